The van der Waals surface area contributed by atoms with Crippen LogP contribution in [0.5, 0.6) is 0 Å². The second kappa shape index (κ2) is 13.0. The van der Waals surface area contributed by atoms with Crippen LogP contribution in [0.25, 0.3) is 0 Å². The van der Waals surface area contributed by atoms with Gasteiger partial charge in [-0.05, 0) is 77.2 Å². The number of carbonyl (C=O) groups excluding carboxylic acids is 4. The van der Waals surface area contributed by atoms with Crippen LogP contribution < -0.4 is 0 Å². The first-order valence-electron chi connectivity index (χ1n) is 13.0. The minimum Gasteiger partial charge on any atom is -0.465 e. The fourth-order valence-corrected chi connectivity index (χ4v) is 5.01. The average Bonchev–Trinajstić information content (AvgIpc) is 3.06. The van der Waals surface area contributed by atoms with Gasteiger partial charge < -0.3 is 18.9 Å². The molecule has 0 aliphatic heterocycles. The highest BCUT2D eigenvalue weighted by Gasteiger charge is 2.37. The van der Waals surface area contributed by atoms with Gasteiger partial charge in [-0.2, -0.15) is 0 Å². The van der Waals surface area contributed by atoms with Crippen LogP contribution in [0.4, 0.5) is 0 Å². The molecule has 4 aromatic rings. The summed E-state index contributed by atoms with van der Waals surface area (Å²) in [7, 11) is 5.30. The molecule has 0 radical (unpaired) electrons. The van der Waals surface area contributed by atoms with Crippen molar-refractivity contribution in [3.63, 3.8) is 0 Å². The van der Waals surface area contributed by atoms with Crippen molar-refractivity contribution in [2.45, 2.75) is 11.8 Å². The maximum absolute atomic E-state index is 12.2. The Hall–Kier alpha value is -5.24. The molecule has 4 aromatic carbocycles. The summed E-state index contributed by atoms with van der Waals surface area (Å²) in [5.74, 6) is -1.83. The van der Waals surface area contributed by atoms with E-state index in [1.807, 2.05) is 48.5 Å². The van der Waals surface area contributed by atoms with Gasteiger partial charge >= 0.3 is 23.9 Å². The number of carbonyl (C=O) groups is 4. The van der Waals surface area contributed by atoms with Crippen LogP contribution in [0.15, 0.2) is 97.1 Å². The van der Waals surface area contributed by atoms with Crippen molar-refractivity contribution in [3.05, 3.63) is 142 Å². The maximum Gasteiger partial charge on any atom is 0.337 e. The van der Waals surface area contributed by atoms with Gasteiger partial charge in [-0.1, -0.05) is 48.5 Å². The number of esters is 4. The number of hydrogen-bond acceptors (Lipinski definition) is 8. The number of benzene rings is 4. The zero-order valence-electron chi connectivity index (χ0n) is 23.7. The smallest absolute Gasteiger partial charge is 0.337 e. The molecule has 42 heavy (non-hydrogen) atoms. The molecule has 4 rings (SSSR count). The van der Waals surface area contributed by atoms with E-state index in [1.165, 1.54) is 28.4 Å². The van der Waals surface area contributed by atoms with Gasteiger partial charge in [0.1, 0.15) is 0 Å². The number of ether oxygens (including phenoxy) is 4. The predicted molar refractivity (Wildman–Crippen MR) is 155 cm³/mol. The van der Waals surface area contributed by atoms with E-state index >= 15 is 0 Å². The Morgan fingerprint density at radius 3 is 0.905 bits per heavy atom. The Morgan fingerprint density at radius 1 is 0.429 bits per heavy atom. The molecule has 214 valence electrons. The molecular weight excluding hydrogens is 536 g/mol. The van der Waals surface area contributed by atoms with Gasteiger partial charge in [0, 0.05) is 5.41 Å². The van der Waals surface area contributed by atoms with Gasteiger partial charge in [0.05, 0.1) is 50.7 Å². The van der Waals surface area contributed by atoms with Crippen LogP contribution >= 0.6 is 0 Å². The molecule has 0 aliphatic rings. The highest BCUT2D eigenvalue weighted by atomic mass is 16.5. The van der Waals surface area contributed by atoms with Crippen LogP contribution in [-0.2, 0) is 30.8 Å². The fourth-order valence-electron chi connectivity index (χ4n) is 5.01. The fraction of sp³-hybridized carbons (Fsp3) is 0.176. The molecule has 0 amide bonds. The molecule has 0 saturated carbocycles. The molecule has 0 aromatic heterocycles. The summed E-state index contributed by atoms with van der Waals surface area (Å²) in [5, 5.41) is 0. The van der Waals surface area contributed by atoms with Crippen LogP contribution in [0.1, 0.15) is 63.7 Å². The third-order valence-corrected chi connectivity index (χ3v) is 7.24. The molecule has 8 nitrogen and oxygen atoms in total. The zero-order valence-corrected chi connectivity index (χ0v) is 23.7. The maximum atomic E-state index is 12.2. The number of methoxy groups -OCH3 is 4. The summed E-state index contributed by atoms with van der Waals surface area (Å²) >= 11 is 0. The van der Waals surface area contributed by atoms with Crippen LogP contribution in [0.2, 0.25) is 0 Å². The number of rotatable bonds is 9. The van der Waals surface area contributed by atoms with Gasteiger partial charge in [0.25, 0.3) is 0 Å². The quantitative estimate of drug-likeness (QED) is 0.150. The van der Waals surface area contributed by atoms with Gasteiger partial charge in [0.2, 0.25) is 0 Å². The number of hydrogen-bond donors (Lipinski definition) is 0. The molecule has 0 bridgehead atoms. The SMILES string of the molecule is COC(=O)c1ccc(CC(c2ccc(C(=O)OC)cc2)(c2ccc(C(=O)OC)cc2)c2ccc(C(=O)OC)cc2)cc1. The third-order valence-electron chi connectivity index (χ3n) is 7.24. The normalized spacial score (nSPS) is 10.9. The standard InChI is InChI=1S/C34H30O8/c1-39-30(35)23-7-5-22(6-8-23)21-34(27-15-9-24(10-16-27)31(36)40-2,28-17-11-25(12-18-28)32(37)41-3)29-19-13-26(14-20-29)33(38)42-4/h5-20H,21H2,1-4H3. The van der Waals surface area contributed by atoms with Gasteiger partial charge in [-0.3, -0.25) is 0 Å². The first-order chi connectivity index (χ1) is 20.3. The Bertz CT molecular complexity index is 1420. The first-order valence-corrected chi connectivity index (χ1v) is 13.0. The molecular formula is C34H30O8. The lowest BCUT2D eigenvalue weighted by molar-refractivity contribution is 0.0591. The molecule has 0 N–H and O–H groups in total. The average molecular weight is 567 g/mol. The Kier molecular flexibility index (Phi) is 9.17. The van der Waals surface area contributed by atoms with Crippen molar-refractivity contribution in [2.24, 2.45) is 0 Å². The lowest BCUT2D eigenvalue weighted by atomic mass is 9.65. The van der Waals surface area contributed by atoms with E-state index in [0.717, 1.165) is 22.3 Å². The topological polar surface area (TPSA) is 105 Å². The lowest BCUT2D eigenvalue weighted by Gasteiger charge is -2.37. The summed E-state index contributed by atoms with van der Waals surface area (Å²) in [4.78, 5) is 48.8. The Balaban J connectivity index is 1.97. The van der Waals surface area contributed by atoms with E-state index in [-0.39, 0.29) is 0 Å². The van der Waals surface area contributed by atoms with Crippen LogP contribution in [0.3, 0.4) is 0 Å². The van der Waals surface area contributed by atoms with E-state index in [9.17, 15) is 19.2 Å². The van der Waals surface area contributed by atoms with Crippen molar-refractivity contribution < 1.29 is 38.1 Å². The minimum absolute atomic E-state index is 0.389. The predicted octanol–water partition coefficient (Wildman–Crippen LogP) is 5.41. The highest BCUT2D eigenvalue weighted by molar-refractivity contribution is 5.91. The molecule has 0 fully saturated rings. The van der Waals surface area contributed by atoms with Crippen molar-refractivity contribution in [3.8, 4) is 0 Å². The van der Waals surface area contributed by atoms with E-state index in [0.29, 0.717) is 28.7 Å². The lowest BCUT2D eigenvalue weighted by Crippen LogP contribution is -2.32. The summed E-state index contributed by atoms with van der Waals surface area (Å²) in [6.07, 6.45) is 0.418. The summed E-state index contributed by atoms with van der Waals surface area (Å²) in [6, 6.07) is 28.4. The van der Waals surface area contributed by atoms with E-state index in [4.69, 9.17) is 18.9 Å². The minimum atomic E-state index is -0.870. The molecule has 0 unspecified atom stereocenters. The van der Waals surface area contributed by atoms with Gasteiger partial charge in [-0.15, -0.1) is 0 Å². The second-order valence-electron chi connectivity index (χ2n) is 9.48. The third kappa shape index (κ3) is 5.93. The largest absolute Gasteiger partial charge is 0.465 e. The van der Waals surface area contributed by atoms with Crippen molar-refractivity contribution in [2.75, 3.05) is 28.4 Å². The van der Waals surface area contributed by atoms with Gasteiger partial charge in [0.15, 0.2) is 0 Å². The molecule has 8 heteroatoms. The van der Waals surface area contributed by atoms with E-state index < -0.39 is 29.3 Å². The van der Waals surface area contributed by atoms with Crippen LogP contribution in [0, 0.1) is 0 Å². The summed E-state index contributed by atoms with van der Waals surface area (Å²) in [6.45, 7) is 0. The highest BCUT2D eigenvalue weighted by Crippen LogP contribution is 2.43. The molecule has 0 spiro atoms. The summed E-state index contributed by atoms with van der Waals surface area (Å²) < 4.78 is 19.5. The van der Waals surface area contributed by atoms with Crippen molar-refractivity contribution >= 4 is 23.9 Å². The van der Waals surface area contributed by atoms with E-state index in [2.05, 4.69) is 0 Å². The molecule has 0 aliphatic carbocycles. The molecule has 0 saturated heterocycles. The zero-order chi connectivity index (χ0) is 30.3. The monoisotopic (exact) mass is 566 g/mol. The van der Waals surface area contributed by atoms with E-state index in [1.54, 1.807) is 48.5 Å². The van der Waals surface area contributed by atoms with Crippen LogP contribution in [-0.4, -0.2) is 52.3 Å². The van der Waals surface area contributed by atoms with Gasteiger partial charge in [-0.25, -0.2) is 19.2 Å². The van der Waals surface area contributed by atoms with Crippen molar-refractivity contribution in [1.82, 2.24) is 0 Å². The molecule has 0 atom stereocenters. The Labute approximate surface area is 243 Å². The molecule has 0 heterocycles. The Morgan fingerprint density at radius 2 is 0.667 bits per heavy atom. The summed E-state index contributed by atoms with van der Waals surface area (Å²) in [5.41, 5.74) is 4.12. The van der Waals surface area contributed by atoms with Crippen molar-refractivity contribution in [1.29, 1.82) is 0 Å². The first kappa shape index (κ1) is 29.7. The second-order valence-corrected chi connectivity index (χ2v) is 9.48.